The fraction of sp³-hybridized carbons (Fsp3) is 0.381. The number of hydrogen-bond donors (Lipinski definition) is 4. The van der Waals surface area contributed by atoms with Crippen LogP contribution < -0.4 is 10.2 Å². The Bertz CT molecular complexity index is 2520. The molecule has 330 valence electrons. The molecule has 9 rings (SSSR count). The third-order valence-electron chi connectivity index (χ3n) is 11.4. The average molecular weight is 872 g/mol. The Balaban J connectivity index is 0.000000719. The number of carboxylic acids is 1. The van der Waals surface area contributed by atoms with Crippen molar-refractivity contribution in [2.75, 3.05) is 37.0 Å². The van der Waals surface area contributed by atoms with E-state index in [1.165, 1.54) is 17.5 Å². The number of aryl methyl sites for hydroxylation is 1. The topological polar surface area (TPSA) is 219 Å². The normalized spacial score (nSPS) is 21.1. The van der Waals surface area contributed by atoms with E-state index >= 15 is 0 Å². The van der Waals surface area contributed by atoms with E-state index < -0.39 is 36.7 Å². The Morgan fingerprint density at radius 2 is 1.65 bits per heavy atom. The van der Waals surface area contributed by atoms with Crippen molar-refractivity contribution < 1.29 is 47.6 Å². The van der Waals surface area contributed by atoms with Gasteiger partial charge < -0.3 is 35.0 Å². The van der Waals surface area contributed by atoms with Crippen molar-refractivity contribution in [3.63, 3.8) is 0 Å². The lowest BCUT2D eigenvalue weighted by Crippen LogP contribution is -2.34. The number of tetrazole rings is 1. The van der Waals surface area contributed by atoms with Crippen LogP contribution in [0, 0.1) is 0 Å². The highest BCUT2D eigenvalue weighted by atomic mass is 19.4. The van der Waals surface area contributed by atoms with Crippen LogP contribution in [0.3, 0.4) is 0 Å². The molecule has 2 saturated heterocycles. The van der Waals surface area contributed by atoms with Gasteiger partial charge in [-0.2, -0.15) is 27.9 Å². The predicted molar refractivity (Wildman–Crippen MR) is 218 cm³/mol. The van der Waals surface area contributed by atoms with Crippen LogP contribution in [0.4, 0.5) is 24.9 Å². The number of methoxy groups -OCH3 is 1. The summed E-state index contributed by atoms with van der Waals surface area (Å²) in [5.41, 5.74) is 6.16. The maximum atomic E-state index is 12.2. The van der Waals surface area contributed by atoms with E-state index in [1.807, 2.05) is 61.5 Å². The van der Waals surface area contributed by atoms with E-state index in [4.69, 9.17) is 34.3 Å². The van der Waals surface area contributed by atoms with Gasteiger partial charge in [0, 0.05) is 44.7 Å². The van der Waals surface area contributed by atoms with E-state index in [0.717, 1.165) is 42.7 Å². The summed E-state index contributed by atoms with van der Waals surface area (Å²) >= 11 is 0. The lowest BCUT2D eigenvalue weighted by atomic mass is 9.91. The zero-order valence-corrected chi connectivity index (χ0v) is 34.1. The molecule has 0 aliphatic carbocycles. The number of fused-ring (bicyclic) bond motifs is 2. The number of carbonyl (C=O) groups excluding carboxylic acids is 1. The number of aliphatic hydroxyl groups is 2. The monoisotopic (exact) mass is 871 g/mol. The molecule has 3 aromatic carbocycles. The predicted octanol–water partition coefficient (Wildman–Crippen LogP) is 4.08. The zero-order valence-electron chi connectivity index (χ0n) is 34.1. The van der Waals surface area contributed by atoms with E-state index in [2.05, 4.69) is 54.8 Å². The second-order valence-electron chi connectivity index (χ2n) is 15.3. The Kier molecular flexibility index (Phi) is 12.3. The molecule has 0 spiro atoms. The van der Waals surface area contributed by atoms with Gasteiger partial charge in [-0.05, 0) is 52.9 Å². The molecule has 3 aliphatic heterocycles. The first-order chi connectivity index (χ1) is 30.3. The number of nitrogens with zero attached hydrogens (tertiary/aromatic N) is 10. The number of ether oxygens (including phenoxy) is 2. The summed E-state index contributed by atoms with van der Waals surface area (Å²) in [5, 5.41) is 45.6. The summed E-state index contributed by atoms with van der Waals surface area (Å²) in [6.45, 7) is 5.84. The molecule has 0 amide bonds. The summed E-state index contributed by atoms with van der Waals surface area (Å²) in [7, 11) is 1.40. The molecule has 3 aliphatic rings. The third-order valence-corrected chi connectivity index (χ3v) is 11.4. The molecule has 0 radical (unpaired) electrons. The number of benzene rings is 3. The Morgan fingerprint density at radius 3 is 2.29 bits per heavy atom. The van der Waals surface area contributed by atoms with Crippen LogP contribution in [0.1, 0.15) is 70.0 Å². The van der Waals surface area contributed by atoms with E-state index in [0.29, 0.717) is 48.1 Å². The number of halogens is 3. The molecule has 4 N–H and O–H groups in total. The second kappa shape index (κ2) is 18.0. The lowest BCUT2D eigenvalue weighted by Gasteiger charge is -2.24. The highest BCUT2D eigenvalue weighted by molar-refractivity contribution is 5.89. The van der Waals surface area contributed by atoms with Crippen LogP contribution in [-0.2, 0) is 33.9 Å². The van der Waals surface area contributed by atoms with Gasteiger partial charge in [0.05, 0.1) is 25.5 Å². The van der Waals surface area contributed by atoms with Gasteiger partial charge in [0.2, 0.25) is 11.8 Å². The van der Waals surface area contributed by atoms with Crippen LogP contribution in [-0.4, -0.2) is 123 Å². The van der Waals surface area contributed by atoms with Crippen LogP contribution in [0.2, 0.25) is 0 Å². The molecule has 2 fully saturated rings. The van der Waals surface area contributed by atoms with Gasteiger partial charge in [-0.25, -0.2) is 14.6 Å². The van der Waals surface area contributed by atoms with Crippen molar-refractivity contribution in [2.45, 2.75) is 75.7 Å². The summed E-state index contributed by atoms with van der Waals surface area (Å²) in [6, 6.07) is 26.7. The first kappa shape index (κ1) is 43.1. The number of alkyl halides is 3. The number of imidazole rings is 1. The number of aliphatic carboxylic acids is 1. The molecule has 63 heavy (non-hydrogen) atoms. The molecule has 21 heteroatoms. The SMILES string of the molecule is CCn1nnc([C@H]2O[C@@H](n3cnc4c(NCC(c5ccccc5)c5ccccc5)nc(N5CC[C@@H](N6Cc7ccc(C(=O)OC)cc7C6)C5)nc43)[C@H](O)[C@@H]2O)n1.O=C(O)C(F)(F)F. The quantitative estimate of drug-likeness (QED) is 0.135. The van der Waals surface area contributed by atoms with Gasteiger partial charge in [0.15, 0.2) is 29.3 Å². The smallest absolute Gasteiger partial charge is 0.475 e. The van der Waals surface area contributed by atoms with Crippen LogP contribution in [0.5, 0.6) is 0 Å². The minimum absolute atomic E-state index is 0.0144. The van der Waals surface area contributed by atoms with Crippen LogP contribution in [0.15, 0.2) is 85.2 Å². The molecule has 18 nitrogen and oxygen atoms in total. The fourth-order valence-corrected chi connectivity index (χ4v) is 8.11. The number of aromatic nitrogens is 8. The van der Waals surface area contributed by atoms with Crippen LogP contribution in [0.25, 0.3) is 11.2 Å². The fourth-order valence-electron chi connectivity index (χ4n) is 8.11. The third kappa shape index (κ3) is 9.03. The molecule has 0 saturated carbocycles. The molecule has 6 aromatic rings. The van der Waals surface area contributed by atoms with Crippen LogP contribution >= 0.6 is 0 Å². The second-order valence-corrected chi connectivity index (χ2v) is 15.3. The summed E-state index contributed by atoms with van der Waals surface area (Å²) in [5.74, 6) is -1.83. The summed E-state index contributed by atoms with van der Waals surface area (Å²) in [4.78, 5) is 42.0. The van der Waals surface area contributed by atoms with Gasteiger partial charge in [0.1, 0.15) is 12.2 Å². The molecule has 0 bridgehead atoms. The Labute approximate surface area is 357 Å². The molecular weight excluding hydrogens is 828 g/mol. The minimum atomic E-state index is -5.08. The van der Waals surface area contributed by atoms with E-state index in [-0.39, 0.29) is 23.8 Å². The first-order valence-corrected chi connectivity index (χ1v) is 20.2. The number of esters is 1. The van der Waals surface area contributed by atoms with Gasteiger partial charge >= 0.3 is 18.1 Å². The number of carboxylic acid groups (broad SMARTS) is 1. The molecular formula is C42H44F3N11O7. The maximum Gasteiger partial charge on any atom is 0.490 e. The number of rotatable bonds is 11. The van der Waals surface area contributed by atoms with Gasteiger partial charge in [-0.15, -0.1) is 10.2 Å². The van der Waals surface area contributed by atoms with Crippen molar-refractivity contribution in [1.82, 2.24) is 44.6 Å². The van der Waals surface area contributed by atoms with E-state index in [1.54, 1.807) is 10.9 Å². The highest BCUT2D eigenvalue weighted by Gasteiger charge is 2.47. The van der Waals surface area contributed by atoms with Gasteiger partial charge in [-0.3, -0.25) is 9.47 Å². The van der Waals surface area contributed by atoms with Crippen molar-refractivity contribution >= 4 is 34.9 Å². The molecule has 0 unspecified atom stereocenters. The first-order valence-electron chi connectivity index (χ1n) is 20.2. The number of hydrogen-bond acceptors (Lipinski definition) is 15. The lowest BCUT2D eigenvalue weighted by molar-refractivity contribution is -0.192. The van der Waals surface area contributed by atoms with E-state index in [9.17, 15) is 28.2 Å². The molecule has 6 heterocycles. The maximum absolute atomic E-state index is 12.2. The zero-order chi connectivity index (χ0) is 44.4. The average Bonchev–Trinajstić information content (AvgIpc) is 4.15. The Morgan fingerprint density at radius 1 is 0.968 bits per heavy atom. The van der Waals surface area contributed by atoms with Gasteiger partial charge in [0.25, 0.3) is 0 Å². The number of anilines is 2. The van der Waals surface area contributed by atoms with Crippen molar-refractivity contribution in [2.24, 2.45) is 0 Å². The number of nitrogens with one attached hydrogen (secondary N) is 1. The largest absolute Gasteiger partial charge is 0.490 e. The molecule has 5 atom stereocenters. The van der Waals surface area contributed by atoms with Crippen molar-refractivity contribution in [1.29, 1.82) is 0 Å². The number of carbonyl (C=O) groups is 2. The minimum Gasteiger partial charge on any atom is -0.475 e. The van der Waals surface area contributed by atoms with Crippen molar-refractivity contribution in [3.8, 4) is 0 Å². The number of aliphatic hydroxyl groups excluding tert-OH is 2. The Hall–Kier alpha value is -6.55. The highest BCUT2D eigenvalue weighted by Crippen LogP contribution is 2.40. The summed E-state index contributed by atoms with van der Waals surface area (Å²) < 4.78 is 44.6. The van der Waals surface area contributed by atoms with Gasteiger partial charge in [-0.1, -0.05) is 66.7 Å². The summed E-state index contributed by atoms with van der Waals surface area (Å²) in [6.07, 6.45) is -7.29. The molecule has 3 aromatic heterocycles. The standard InChI is InChI=1S/C40H43N11O5.C2HF3O2/c1-3-51-46-36(45-47-51)34-32(52)33(53)38(56-34)50-23-42-31-35(41-19-30(24-10-6-4-7-11-24)25-12-8-5-9-13-25)43-40(44-37(31)50)48-17-16-29(22-48)49-20-27-15-14-26(39(54)55-2)18-28(27)21-49;3-2(4,5)1(6)7/h4-15,18,23,29-30,32-34,38,52-53H,3,16-17,19-22H2,1-2H3,(H,41,43,44);(H,6,7)/t29-,32+,33-,34+,38-;/m1./s1. The van der Waals surface area contributed by atoms with Crippen molar-refractivity contribution in [3.05, 3.63) is 119 Å².